The average molecular weight is 492 g/mol. The predicted molar refractivity (Wildman–Crippen MR) is 133 cm³/mol. The first-order chi connectivity index (χ1) is 17.4. The first-order valence-electron chi connectivity index (χ1n) is 11.7. The van der Waals surface area contributed by atoms with E-state index in [9.17, 15) is 19.8 Å². The minimum absolute atomic E-state index is 0.0503. The van der Waals surface area contributed by atoms with Crippen molar-refractivity contribution in [2.75, 3.05) is 20.3 Å². The average Bonchev–Trinajstić information content (AvgIpc) is 3.20. The fraction of sp³-hybridized carbons (Fsp3) is 0.286. The van der Waals surface area contributed by atoms with E-state index in [4.69, 9.17) is 14.6 Å². The summed E-state index contributed by atoms with van der Waals surface area (Å²) in [6.07, 6.45) is -3.24. The molecule has 0 aromatic heterocycles. The van der Waals surface area contributed by atoms with Crippen LogP contribution in [0, 0.1) is 0 Å². The zero-order chi connectivity index (χ0) is 25.7. The van der Waals surface area contributed by atoms with Gasteiger partial charge in [0.05, 0.1) is 19.6 Å². The Morgan fingerprint density at radius 1 is 0.972 bits per heavy atom. The summed E-state index contributed by atoms with van der Waals surface area (Å²) < 4.78 is 10.6. The number of hydrogen-bond acceptors (Lipinski definition) is 6. The Bertz CT molecular complexity index is 1200. The summed E-state index contributed by atoms with van der Waals surface area (Å²) in [6, 6.07) is 20.8. The normalized spacial score (nSPS) is 13.9. The lowest BCUT2D eigenvalue weighted by Gasteiger charge is -2.20. The van der Waals surface area contributed by atoms with Crippen LogP contribution < -0.4 is 10.1 Å². The van der Waals surface area contributed by atoms with E-state index in [1.165, 1.54) is 13.2 Å². The first kappa shape index (κ1) is 25.2. The van der Waals surface area contributed by atoms with Crippen molar-refractivity contribution in [3.8, 4) is 16.9 Å². The zero-order valence-electron chi connectivity index (χ0n) is 19.9. The number of ether oxygens (including phenoxy) is 2. The molecule has 0 saturated heterocycles. The number of carbonyl (C=O) groups is 2. The molecule has 188 valence electrons. The molecule has 1 amide bonds. The van der Waals surface area contributed by atoms with E-state index >= 15 is 0 Å². The van der Waals surface area contributed by atoms with E-state index in [0.717, 1.165) is 22.3 Å². The van der Waals surface area contributed by atoms with E-state index in [1.807, 2.05) is 36.4 Å². The third-order valence-corrected chi connectivity index (χ3v) is 6.41. The van der Waals surface area contributed by atoms with Crippen LogP contribution in [0.1, 0.15) is 40.7 Å². The molecular formula is C28H29NO7. The highest BCUT2D eigenvalue weighted by atomic mass is 16.5. The van der Waals surface area contributed by atoms with Gasteiger partial charge in [-0.05, 0) is 46.4 Å². The summed E-state index contributed by atoms with van der Waals surface area (Å²) in [7, 11) is 1.43. The second-order valence-corrected chi connectivity index (χ2v) is 8.69. The van der Waals surface area contributed by atoms with Crippen molar-refractivity contribution in [2.24, 2.45) is 0 Å². The van der Waals surface area contributed by atoms with Crippen molar-refractivity contribution in [3.05, 3.63) is 89.0 Å². The van der Waals surface area contributed by atoms with E-state index in [-0.39, 0.29) is 31.9 Å². The van der Waals surface area contributed by atoms with Crippen LogP contribution in [0.5, 0.6) is 5.75 Å². The SMILES string of the molecule is COc1ccc(C(O)C(O)CCNC(=O)OCC2c3ccccc3-c3ccccc32)cc1CC(=O)O. The Morgan fingerprint density at radius 2 is 1.61 bits per heavy atom. The highest BCUT2D eigenvalue weighted by Crippen LogP contribution is 2.44. The second-order valence-electron chi connectivity index (χ2n) is 8.69. The number of rotatable bonds is 10. The molecule has 4 N–H and O–H groups in total. The molecule has 0 radical (unpaired) electrons. The van der Waals surface area contributed by atoms with Crippen LogP contribution in [-0.4, -0.2) is 53.7 Å². The van der Waals surface area contributed by atoms with E-state index in [2.05, 4.69) is 17.4 Å². The van der Waals surface area contributed by atoms with Crippen LogP contribution >= 0.6 is 0 Å². The van der Waals surface area contributed by atoms with E-state index in [0.29, 0.717) is 16.9 Å². The standard InChI is InChI=1S/C28H29NO7/c1-35-25-11-10-17(14-18(25)15-26(31)32)27(33)24(30)12-13-29-28(34)36-16-23-21-8-4-2-6-19(21)20-7-3-5-9-22(20)23/h2-11,14,23-24,27,30,33H,12-13,15-16H2,1H3,(H,29,34)(H,31,32). The number of aliphatic hydroxyl groups excluding tert-OH is 2. The van der Waals surface area contributed by atoms with Gasteiger partial charge in [0.2, 0.25) is 0 Å². The molecular weight excluding hydrogens is 462 g/mol. The lowest BCUT2D eigenvalue weighted by atomic mass is 9.98. The summed E-state index contributed by atoms with van der Waals surface area (Å²) in [6.45, 7) is 0.274. The topological polar surface area (TPSA) is 125 Å². The van der Waals surface area contributed by atoms with Crippen LogP contribution in [0.4, 0.5) is 4.79 Å². The number of fused-ring (bicyclic) bond motifs is 3. The number of alkyl carbamates (subject to hydrolysis) is 1. The van der Waals surface area contributed by atoms with Gasteiger partial charge < -0.3 is 30.1 Å². The molecule has 0 spiro atoms. The van der Waals surface area contributed by atoms with E-state index < -0.39 is 24.3 Å². The number of amides is 1. The van der Waals surface area contributed by atoms with Gasteiger partial charge >= 0.3 is 12.1 Å². The second kappa shape index (κ2) is 11.2. The van der Waals surface area contributed by atoms with Gasteiger partial charge in [0.25, 0.3) is 0 Å². The molecule has 0 saturated carbocycles. The molecule has 1 aliphatic carbocycles. The third kappa shape index (κ3) is 5.50. The number of benzene rings is 3. The van der Waals surface area contributed by atoms with Gasteiger partial charge in [-0.1, -0.05) is 54.6 Å². The lowest BCUT2D eigenvalue weighted by molar-refractivity contribution is -0.136. The van der Waals surface area contributed by atoms with Crippen molar-refractivity contribution >= 4 is 12.1 Å². The smallest absolute Gasteiger partial charge is 0.407 e. The Kier molecular flexibility index (Phi) is 7.87. The van der Waals surface area contributed by atoms with Gasteiger partial charge in [0.15, 0.2) is 0 Å². The molecule has 0 bridgehead atoms. The molecule has 0 fully saturated rings. The maximum Gasteiger partial charge on any atom is 0.407 e. The lowest BCUT2D eigenvalue weighted by Crippen LogP contribution is -2.30. The number of aliphatic hydroxyl groups is 2. The number of nitrogens with one attached hydrogen (secondary N) is 1. The van der Waals surface area contributed by atoms with Crippen molar-refractivity contribution in [1.82, 2.24) is 5.32 Å². The quantitative estimate of drug-likeness (QED) is 0.341. The van der Waals surface area contributed by atoms with Crippen molar-refractivity contribution in [2.45, 2.75) is 31.0 Å². The number of carboxylic acid groups (broad SMARTS) is 1. The number of hydrogen-bond donors (Lipinski definition) is 4. The van der Waals surface area contributed by atoms with Crippen LogP contribution in [-0.2, 0) is 16.0 Å². The van der Waals surface area contributed by atoms with Crippen LogP contribution in [0.2, 0.25) is 0 Å². The minimum atomic E-state index is -1.26. The van der Waals surface area contributed by atoms with Crippen LogP contribution in [0.15, 0.2) is 66.7 Å². The number of aliphatic carboxylic acids is 1. The summed E-state index contributed by atoms with van der Waals surface area (Å²) in [5.41, 5.74) is 5.28. The molecule has 36 heavy (non-hydrogen) atoms. The molecule has 3 aromatic carbocycles. The fourth-order valence-electron chi connectivity index (χ4n) is 4.64. The molecule has 8 nitrogen and oxygen atoms in total. The van der Waals surface area contributed by atoms with Gasteiger partial charge in [-0.15, -0.1) is 0 Å². The van der Waals surface area contributed by atoms with Gasteiger partial charge in [0, 0.05) is 18.0 Å². The molecule has 4 rings (SSSR count). The monoisotopic (exact) mass is 491 g/mol. The molecule has 8 heteroatoms. The molecule has 1 aliphatic rings. The Hall–Kier alpha value is -3.88. The van der Waals surface area contributed by atoms with Crippen molar-refractivity contribution < 1.29 is 34.4 Å². The molecule has 2 atom stereocenters. The number of methoxy groups -OCH3 is 1. The highest BCUT2D eigenvalue weighted by molar-refractivity contribution is 5.79. The van der Waals surface area contributed by atoms with Crippen LogP contribution in [0.25, 0.3) is 11.1 Å². The summed E-state index contributed by atoms with van der Waals surface area (Å²) in [5, 5.41) is 32.6. The predicted octanol–water partition coefficient (Wildman–Crippen LogP) is 3.65. The third-order valence-electron chi connectivity index (χ3n) is 6.41. The minimum Gasteiger partial charge on any atom is -0.496 e. The van der Waals surface area contributed by atoms with Gasteiger partial charge in [-0.25, -0.2) is 4.79 Å². The van der Waals surface area contributed by atoms with Gasteiger partial charge in [0.1, 0.15) is 18.5 Å². The summed E-state index contributed by atoms with van der Waals surface area (Å²) >= 11 is 0. The number of carbonyl (C=O) groups excluding carboxylic acids is 1. The number of carboxylic acids is 1. The van der Waals surface area contributed by atoms with Crippen LogP contribution in [0.3, 0.4) is 0 Å². The first-order valence-corrected chi connectivity index (χ1v) is 11.7. The Morgan fingerprint density at radius 3 is 2.22 bits per heavy atom. The molecule has 0 heterocycles. The Balaban J connectivity index is 1.29. The summed E-state index contributed by atoms with van der Waals surface area (Å²) in [4.78, 5) is 23.4. The largest absolute Gasteiger partial charge is 0.496 e. The fourth-order valence-corrected chi connectivity index (χ4v) is 4.64. The Labute approximate surface area is 209 Å². The maximum absolute atomic E-state index is 12.3. The summed E-state index contributed by atoms with van der Waals surface area (Å²) in [5.74, 6) is -0.696. The van der Waals surface area contributed by atoms with Gasteiger partial charge in [-0.3, -0.25) is 4.79 Å². The van der Waals surface area contributed by atoms with Crippen molar-refractivity contribution in [1.29, 1.82) is 0 Å². The zero-order valence-corrected chi connectivity index (χ0v) is 19.9. The molecule has 0 aliphatic heterocycles. The molecule has 3 aromatic rings. The highest BCUT2D eigenvalue weighted by Gasteiger charge is 2.29. The van der Waals surface area contributed by atoms with Gasteiger partial charge in [-0.2, -0.15) is 0 Å². The van der Waals surface area contributed by atoms with Crippen molar-refractivity contribution in [3.63, 3.8) is 0 Å². The molecule has 2 unspecified atom stereocenters. The maximum atomic E-state index is 12.3. The van der Waals surface area contributed by atoms with E-state index in [1.54, 1.807) is 12.1 Å².